The Hall–Kier alpha value is -3.20. The van der Waals surface area contributed by atoms with Gasteiger partial charge in [0.15, 0.2) is 5.13 Å². The summed E-state index contributed by atoms with van der Waals surface area (Å²) in [5.74, 6) is 1.00. The van der Waals surface area contributed by atoms with Crippen LogP contribution in [-0.2, 0) is 4.79 Å². The van der Waals surface area contributed by atoms with E-state index in [1.165, 1.54) is 0 Å². The van der Waals surface area contributed by atoms with Crippen LogP contribution in [0.1, 0.15) is 43.1 Å². The molecule has 3 aromatic rings. The summed E-state index contributed by atoms with van der Waals surface area (Å²) in [5, 5.41) is 9.99. The number of carbonyl (C=O) groups is 2. The lowest BCUT2D eigenvalue weighted by Gasteiger charge is -2.29. The quantitative estimate of drug-likeness (QED) is 0.541. The van der Waals surface area contributed by atoms with Crippen molar-refractivity contribution < 1.29 is 14.3 Å². The Balaban J connectivity index is 1.41. The zero-order valence-corrected chi connectivity index (χ0v) is 18.3. The minimum absolute atomic E-state index is 0.0391. The molecule has 0 atom stereocenters. The van der Waals surface area contributed by atoms with Crippen LogP contribution >= 0.6 is 11.3 Å². The van der Waals surface area contributed by atoms with Crippen LogP contribution in [0.2, 0.25) is 0 Å². The molecule has 4 rings (SSSR count). The Bertz CT molecular complexity index is 1090. The highest BCUT2D eigenvalue weighted by Crippen LogP contribution is 2.33. The first-order valence-corrected chi connectivity index (χ1v) is 11.1. The molecule has 162 valence electrons. The number of benzene rings is 1. The van der Waals surface area contributed by atoms with Gasteiger partial charge < -0.3 is 20.7 Å². The van der Waals surface area contributed by atoms with Crippen LogP contribution in [0, 0.1) is 0 Å². The average molecular weight is 440 g/mol. The molecule has 0 spiro atoms. The third-order valence-corrected chi connectivity index (χ3v) is 6.20. The number of hydrogen-bond acceptors (Lipinski definition) is 7. The predicted molar refractivity (Wildman–Crippen MR) is 121 cm³/mol. The van der Waals surface area contributed by atoms with Crippen molar-refractivity contribution in [2.45, 2.75) is 44.7 Å². The van der Waals surface area contributed by atoms with Crippen molar-refractivity contribution >= 4 is 38.5 Å². The van der Waals surface area contributed by atoms with E-state index in [0.29, 0.717) is 23.2 Å². The second-order valence-corrected chi connectivity index (χ2v) is 8.63. The smallest absolute Gasteiger partial charge is 0.269 e. The average Bonchev–Trinajstić information content (AvgIpc) is 3.16. The van der Waals surface area contributed by atoms with E-state index in [4.69, 9.17) is 4.74 Å². The van der Waals surface area contributed by atoms with E-state index < -0.39 is 0 Å². The second-order valence-electron chi connectivity index (χ2n) is 7.60. The number of carbonyl (C=O) groups excluding carboxylic acids is 2. The molecule has 8 nitrogen and oxygen atoms in total. The van der Waals surface area contributed by atoms with Crippen LogP contribution in [0.25, 0.3) is 10.2 Å². The van der Waals surface area contributed by atoms with E-state index in [1.807, 2.05) is 18.2 Å². The van der Waals surface area contributed by atoms with Crippen molar-refractivity contribution in [3.8, 4) is 11.5 Å². The van der Waals surface area contributed by atoms with Crippen molar-refractivity contribution in [3.05, 3.63) is 42.2 Å². The van der Waals surface area contributed by atoms with E-state index in [1.54, 1.807) is 43.6 Å². The molecule has 1 aliphatic carbocycles. The van der Waals surface area contributed by atoms with Crippen molar-refractivity contribution in [3.63, 3.8) is 0 Å². The maximum Gasteiger partial charge on any atom is 0.269 e. The largest absolute Gasteiger partial charge is 0.457 e. The fourth-order valence-corrected chi connectivity index (χ4v) is 4.71. The van der Waals surface area contributed by atoms with E-state index in [9.17, 15) is 9.59 Å². The van der Waals surface area contributed by atoms with Crippen molar-refractivity contribution in [1.29, 1.82) is 0 Å². The molecule has 0 saturated heterocycles. The summed E-state index contributed by atoms with van der Waals surface area (Å²) >= 11 is 1.59. The fourth-order valence-electron chi connectivity index (χ4n) is 3.74. The number of fused-ring (bicyclic) bond motifs is 1. The summed E-state index contributed by atoms with van der Waals surface area (Å²) < 4.78 is 6.95. The number of nitrogens with one attached hydrogen (secondary N) is 3. The van der Waals surface area contributed by atoms with Gasteiger partial charge in [0, 0.05) is 44.4 Å². The summed E-state index contributed by atoms with van der Waals surface area (Å²) in [5.41, 5.74) is 1.21. The third kappa shape index (κ3) is 5.29. The summed E-state index contributed by atoms with van der Waals surface area (Å²) in [6.45, 7) is 1.57. The minimum Gasteiger partial charge on any atom is -0.457 e. The van der Waals surface area contributed by atoms with Crippen LogP contribution in [0.5, 0.6) is 11.5 Å². The summed E-state index contributed by atoms with van der Waals surface area (Å²) in [6, 6.07) is 9.72. The molecule has 9 heteroatoms. The summed E-state index contributed by atoms with van der Waals surface area (Å²) in [6.07, 6.45) is 5.51. The van der Waals surface area contributed by atoms with Crippen molar-refractivity contribution in [2.75, 3.05) is 12.4 Å². The first kappa shape index (κ1) is 21.0. The number of aromatic nitrogens is 2. The van der Waals surface area contributed by atoms with Crippen molar-refractivity contribution in [2.24, 2.45) is 0 Å². The van der Waals surface area contributed by atoms with Gasteiger partial charge in [-0.3, -0.25) is 14.6 Å². The zero-order valence-electron chi connectivity index (χ0n) is 17.5. The normalized spacial score (nSPS) is 18.4. The molecule has 1 aromatic carbocycles. The van der Waals surface area contributed by atoms with Gasteiger partial charge in [0.1, 0.15) is 17.2 Å². The van der Waals surface area contributed by atoms with E-state index >= 15 is 0 Å². The number of nitrogens with zero attached hydrogens (tertiary/aromatic N) is 2. The van der Waals surface area contributed by atoms with Crippen LogP contribution in [0.15, 0.2) is 36.5 Å². The summed E-state index contributed by atoms with van der Waals surface area (Å²) in [4.78, 5) is 31.7. The third-order valence-electron chi connectivity index (χ3n) is 5.25. The van der Waals surface area contributed by atoms with E-state index in [-0.39, 0.29) is 17.9 Å². The Morgan fingerprint density at radius 3 is 2.55 bits per heavy atom. The van der Waals surface area contributed by atoms with E-state index in [2.05, 4.69) is 25.9 Å². The predicted octanol–water partition coefficient (Wildman–Crippen LogP) is 3.70. The molecule has 0 aliphatic heterocycles. The highest BCUT2D eigenvalue weighted by atomic mass is 32.1. The van der Waals surface area contributed by atoms with Gasteiger partial charge in [-0.05, 0) is 43.9 Å². The minimum atomic E-state index is -0.259. The molecule has 0 unspecified atom stereocenters. The molecule has 2 heterocycles. The Kier molecular flexibility index (Phi) is 6.31. The highest BCUT2D eigenvalue weighted by molar-refractivity contribution is 7.22. The Morgan fingerprint density at radius 2 is 1.81 bits per heavy atom. The van der Waals surface area contributed by atoms with Gasteiger partial charge in [0.25, 0.3) is 5.91 Å². The maximum absolute atomic E-state index is 11.8. The van der Waals surface area contributed by atoms with Crippen molar-refractivity contribution in [1.82, 2.24) is 20.6 Å². The number of amides is 2. The molecule has 0 bridgehead atoms. The molecule has 1 aliphatic rings. The zero-order chi connectivity index (χ0) is 21.8. The Morgan fingerprint density at radius 1 is 1.06 bits per heavy atom. The Labute approximate surface area is 184 Å². The maximum atomic E-state index is 11.8. The van der Waals surface area contributed by atoms with Crippen LogP contribution in [-0.4, -0.2) is 40.9 Å². The molecule has 1 fully saturated rings. The first-order chi connectivity index (χ1) is 15.0. The van der Waals surface area contributed by atoms with E-state index in [0.717, 1.165) is 41.0 Å². The number of pyridine rings is 1. The number of hydrogen-bond donors (Lipinski definition) is 3. The molecule has 0 radical (unpaired) electrons. The molecule has 3 N–H and O–H groups in total. The van der Waals surface area contributed by atoms with Gasteiger partial charge >= 0.3 is 0 Å². The lowest BCUT2D eigenvalue weighted by atomic mass is 9.91. The first-order valence-electron chi connectivity index (χ1n) is 10.3. The molecule has 1 saturated carbocycles. The molecule has 2 aromatic heterocycles. The lowest BCUT2D eigenvalue weighted by molar-refractivity contribution is -0.119. The lowest BCUT2D eigenvalue weighted by Crippen LogP contribution is -2.39. The van der Waals surface area contributed by atoms with Gasteiger partial charge in [-0.15, -0.1) is 0 Å². The van der Waals surface area contributed by atoms with Gasteiger partial charge in [-0.2, -0.15) is 0 Å². The summed E-state index contributed by atoms with van der Waals surface area (Å²) in [7, 11) is 1.57. The van der Waals surface area contributed by atoms with Crippen LogP contribution in [0.4, 0.5) is 5.13 Å². The molecule has 2 amide bonds. The standard InChI is InChI=1S/C22H25N5O3S/c1-13(28)25-14-3-5-15(6-4-14)26-22-27-18-8-7-16(12-20(18)31-22)30-17-9-10-24-19(11-17)21(29)23-2/h7-12,14-15H,3-6H2,1-2H3,(H,23,29)(H,25,28)(H,26,27)/t14-,15+. The molecule has 31 heavy (non-hydrogen) atoms. The highest BCUT2D eigenvalue weighted by Gasteiger charge is 2.22. The number of anilines is 1. The van der Waals surface area contributed by atoms with Crippen LogP contribution in [0.3, 0.4) is 0 Å². The van der Waals surface area contributed by atoms with Gasteiger partial charge in [-0.25, -0.2) is 4.98 Å². The fraction of sp³-hybridized carbons (Fsp3) is 0.364. The monoisotopic (exact) mass is 439 g/mol. The topological polar surface area (TPSA) is 105 Å². The molecular formula is C22H25N5O3S. The number of rotatable bonds is 6. The number of thiazole rings is 1. The van der Waals surface area contributed by atoms with Gasteiger partial charge in [-0.1, -0.05) is 11.3 Å². The van der Waals surface area contributed by atoms with Gasteiger partial charge in [0.05, 0.1) is 10.2 Å². The number of ether oxygens (including phenoxy) is 1. The second kappa shape index (κ2) is 9.30. The SMILES string of the molecule is CNC(=O)c1cc(Oc2ccc3nc(N[C@H]4CC[C@@H](NC(C)=O)CC4)sc3c2)ccn1. The molecular weight excluding hydrogens is 414 g/mol. The van der Waals surface area contributed by atoms with Crippen LogP contribution < -0.4 is 20.7 Å². The van der Waals surface area contributed by atoms with Gasteiger partial charge in [0.2, 0.25) is 5.91 Å².